The van der Waals surface area contributed by atoms with Crippen molar-refractivity contribution in [2.24, 2.45) is 5.10 Å². The number of hydrogen-bond acceptors (Lipinski definition) is 5. The first-order chi connectivity index (χ1) is 13.4. The van der Waals surface area contributed by atoms with Crippen LogP contribution in [-0.4, -0.2) is 20.0 Å². The lowest BCUT2D eigenvalue weighted by Gasteiger charge is -2.11. The summed E-state index contributed by atoms with van der Waals surface area (Å²) >= 11 is 4.47. The van der Waals surface area contributed by atoms with E-state index in [1.807, 2.05) is 24.3 Å². The predicted molar refractivity (Wildman–Crippen MR) is 115 cm³/mol. The molecule has 3 aromatic rings. The highest BCUT2D eigenvalue weighted by atomic mass is 79.9. The van der Waals surface area contributed by atoms with Gasteiger partial charge in [0.05, 0.1) is 17.0 Å². The third kappa shape index (κ3) is 4.86. The van der Waals surface area contributed by atoms with E-state index in [1.165, 1.54) is 18.2 Å². The van der Waals surface area contributed by atoms with Gasteiger partial charge in [0.25, 0.3) is 15.9 Å². The predicted octanol–water partition coefficient (Wildman–Crippen LogP) is 4.47. The van der Waals surface area contributed by atoms with E-state index >= 15 is 0 Å². The van der Waals surface area contributed by atoms with Gasteiger partial charge >= 0.3 is 0 Å². The summed E-state index contributed by atoms with van der Waals surface area (Å²) in [6, 6.07) is 17.0. The van der Waals surface area contributed by atoms with E-state index in [-0.39, 0.29) is 15.5 Å². The molecule has 144 valence electrons. The first-order valence-corrected chi connectivity index (χ1v) is 11.3. The van der Waals surface area contributed by atoms with Crippen molar-refractivity contribution in [1.82, 2.24) is 5.43 Å². The van der Waals surface area contributed by atoms with Gasteiger partial charge in [-0.15, -0.1) is 11.3 Å². The Labute approximate surface area is 175 Å². The molecule has 28 heavy (non-hydrogen) atoms. The zero-order valence-electron chi connectivity index (χ0n) is 14.7. The maximum absolute atomic E-state index is 12.6. The average Bonchev–Trinajstić information content (AvgIpc) is 3.22. The Morgan fingerprint density at radius 1 is 1.04 bits per heavy atom. The molecular weight excluding hydrogens is 462 g/mol. The number of benzene rings is 2. The standard InChI is InChI=1S/C19H16BrN3O3S2/c1-13(14-8-10-15(20)11-9-14)21-22-19(24)16-5-2-3-6-17(16)23-28(25,26)18-7-4-12-27-18/h2-12,23H,1H3,(H,22,24)/b21-13+. The smallest absolute Gasteiger partial charge is 0.273 e. The van der Waals surface area contributed by atoms with E-state index in [1.54, 1.807) is 30.5 Å². The van der Waals surface area contributed by atoms with Crippen LogP contribution in [0.3, 0.4) is 0 Å². The number of thiophene rings is 1. The van der Waals surface area contributed by atoms with Gasteiger partial charge < -0.3 is 0 Å². The van der Waals surface area contributed by atoms with Gasteiger partial charge in [0, 0.05) is 4.47 Å². The third-order valence-corrected chi connectivity index (χ3v) is 7.05. The van der Waals surface area contributed by atoms with Crippen LogP contribution in [0.2, 0.25) is 0 Å². The van der Waals surface area contributed by atoms with Crippen molar-refractivity contribution in [3.05, 3.63) is 81.6 Å². The van der Waals surface area contributed by atoms with E-state index in [9.17, 15) is 13.2 Å². The topological polar surface area (TPSA) is 87.6 Å². The van der Waals surface area contributed by atoms with E-state index < -0.39 is 15.9 Å². The summed E-state index contributed by atoms with van der Waals surface area (Å²) in [5.41, 5.74) is 4.32. The molecule has 3 rings (SSSR count). The summed E-state index contributed by atoms with van der Waals surface area (Å²) in [5.74, 6) is -0.513. The average molecular weight is 478 g/mol. The molecule has 0 unspecified atom stereocenters. The van der Waals surface area contributed by atoms with Crippen LogP contribution in [-0.2, 0) is 10.0 Å². The van der Waals surface area contributed by atoms with Crippen LogP contribution >= 0.6 is 27.3 Å². The lowest BCUT2D eigenvalue weighted by molar-refractivity contribution is 0.0955. The monoisotopic (exact) mass is 477 g/mol. The fraction of sp³-hybridized carbons (Fsp3) is 0.0526. The number of hydrogen-bond donors (Lipinski definition) is 2. The number of sulfonamides is 1. The normalized spacial score (nSPS) is 11.9. The number of rotatable bonds is 6. The lowest BCUT2D eigenvalue weighted by Crippen LogP contribution is -2.22. The molecule has 1 heterocycles. The van der Waals surface area contributed by atoms with Crippen LogP contribution in [0, 0.1) is 0 Å². The van der Waals surface area contributed by atoms with Crippen LogP contribution in [0.1, 0.15) is 22.8 Å². The molecular formula is C19H16BrN3O3S2. The van der Waals surface area contributed by atoms with Gasteiger partial charge in [-0.2, -0.15) is 5.10 Å². The minimum atomic E-state index is -3.76. The van der Waals surface area contributed by atoms with Gasteiger partial charge in [-0.05, 0) is 48.2 Å². The lowest BCUT2D eigenvalue weighted by atomic mass is 10.1. The molecule has 1 amide bonds. The highest BCUT2D eigenvalue weighted by molar-refractivity contribution is 9.10. The molecule has 0 saturated heterocycles. The first kappa shape index (κ1) is 20.2. The second kappa shape index (κ2) is 8.68. The van der Waals surface area contributed by atoms with E-state index in [2.05, 4.69) is 31.2 Å². The number of hydrazone groups is 1. The fourth-order valence-electron chi connectivity index (χ4n) is 2.33. The Hall–Kier alpha value is -2.49. The largest absolute Gasteiger partial charge is 0.278 e. The summed E-state index contributed by atoms with van der Waals surface area (Å²) in [6.07, 6.45) is 0. The summed E-state index contributed by atoms with van der Waals surface area (Å²) in [6.45, 7) is 1.77. The molecule has 0 aliphatic carbocycles. The number of para-hydroxylation sites is 1. The minimum absolute atomic E-state index is 0.173. The van der Waals surface area contributed by atoms with Crippen molar-refractivity contribution in [2.75, 3.05) is 4.72 Å². The second-order valence-electron chi connectivity index (χ2n) is 5.73. The van der Waals surface area contributed by atoms with Crippen molar-refractivity contribution in [2.45, 2.75) is 11.1 Å². The Kier molecular flexibility index (Phi) is 6.28. The molecule has 2 aromatic carbocycles. The summed E-state index contributed by atoms with van der Waals surface area (Å²) in [7, 11) is -3.76. The van der Waals surface area contributed by atoms with Gasteiger partial charge in [-0.3, -0.25) is 9.52 Å². The summed E-state index contributed by atoms with van der Waals surface area (Å²) in [5, 5.41) is 5.79. The number of carbonyl (C=O) groups excluding carboxylic acids is 1. The number of nitrogens with one attached hydrogen (secondary N) is 2. The Morgan fingerprint density at radius 3 is 2.43 bits per heavy atom. The highest BCUT2D eigenvalue weighted by Gasteiger charge is 2.19. The SMILES string of the molecule is C/C(=N\NC(=O)c1ccccc1NS(=O)(=O)c1cccs1)c1ccc(Br)cc1. The second-order valence-corrected chi connectivity index (χ2v) is 9.50. The molecule has 1 aromatic heterocycles. The van der Waals surface area contributed by atoms with Crippen molar-refractivity contribution in [3.8, 4) is 0 Å². The molecule has 0 atom stereocenters. The van der Waals surface area contributed by atoms with Crippen LogP contribution in [0.25, 0.3) is 0 Å². The number of amides is 1. The van der Waals surface area contributed by atoms with E-state index in [4.69, 9.17) is 0 Å². The van der Waals surface area contributed by atoms with Crippen molar-refractivity contribution >= 4 is 54.6 Å². The van der Waals surface area contributed by atoms with Gasteiger partial charge in [-0.1, -0.05) is 46.3 Å². The van der Waals surface area contributed by atoms with Crippen LogP contribution < -0.4 is 10.1 Å². The molecule has 0 aliphatic rings. The zero-order chi connectivity index (χ0) is 20.1. The Balaban J connectivity index is 1.79. The first-order valence-electron chi connectivity index (χ1n) is 8.13. The van der Waals surface area contributed by atoms with Crippen LogP contribution in [0.5, 0.6) is 0 Å². The molecule has 0 bridgehead atoms. The fourth-order valence-corrected chi connectivity index (χ4v) is 4.67. The maximum Gasteiger partial charge on any atom is 0.273 e. The summed E-state index contributed by atoms with van der Waals surface area (Å²) in [4.78, 5) is 12.6. The molecule has 0 aliphatic heterocycles. The van der Waals surface area contributed by atoms with E-state index in [0.29, 0.717) is 5.71 Å². The van der Waals surface area contributed by atoms with Gasteiger partial charge in [0.15, 0.2) is 0 Å². The number of anilines is 1. The van der Waals surface area contributed by atoms with Crippen LogP contribution in [0.4, 0.5) is 5.69 Å². The molecule has 9 heteroatoms. The molecule has 0 fully saturated rings. The summed E-state index contributed by atoms with van der Waals surface area (Å²) < 4.78 is 28.5. The highest BCUT2D eigenvalue weighted by Crippen LogP contribution is 2.23. The molecule has 0 saturated carbocycles. The maximum atomic E-state index is 12.6. The molecule has 0 radical (unpaired) electrons. The van der Waals surface area contributed by atoms with Gasteiger partial charge in [0.1, 0.15) is 4.21 Å². The minimum Gasteiger partial charge on any atom is -0.278 e. The quantitative estimate of drug-likeness (QED) is 0.405. The third-order valence-electron chi connectivity index (χ3n) is 3.76. The van der Waals surface area contributed by atoms with Gasteiger partial charge in [0.2, 0.25) is 0 Å². The Bertz CT molecular complexity index is 1110. The molecule has 0 spiro atoms. The van der Waals surface area contributed by atoms with E-state index in [0.717, 1.165) is 21.4 Å². The number of carbonyl (C=O) groups is 1. The molecule has 2 N–H and O–H groups in total. The Morgan fingerprint density at radius 2 is 1.75 bits per heavy atom. The zero-order valence-corrected chi connectivity index (χ0v) is 17.9. The van der Waals surface area contributed by atoms with Gasteiger partial charge in [-0.25, -0.2) is 13.8 Å². The van der Waals surface area contributed by atoms with Crippen LogP contribution in [0.15, 0.2) is 79.8 Å². The number of halogens is 1. The van der Waals surface area contributed by atoms with Crippen molar-refractivity contribution in [3.63, 3.8) is 0 Å². The van der Waals surface area contributed by atoms with Crippen molar-refractivity contribution < 1.29 is 13.2 Å². The number of nitrogens with zero attached hydrogens (tertiary/aromatic N) is 1. The molecule has 6 nitrogen and oxygen atoms in total. The van der Waals surface area contributed by atoms with Crippen molar-refractivity contribution in [1.29, 1.82) is 0 Å².